The van der Waals surface area contributed by atoms with Crippen molar-refractivity contribution in [1.82, 2.24) is 21.3 Å². The Balaban J connectivity index is 1.01. The van der Waals surface area contributed by atoms with Gasteiger partial charge in [0.05, 0.1) is 0 Å². The largest absolute Gasteiger partial charge is 0.335 e. The maximum Gasteiger partial charge on any atom is 0.315 e. The Hall–Kier alpha value is -0.810. The van der Waals surface area contributed by atoms with Gasteiger partial charge in [-0.05, 0) is 87.9 Å². The Labute approximate surface area is 182 Å². The molecule has 0 aromatic heterocycles. The first kappa shape index (κ1) is 19.8. The lowest BCUT2D eigenvalue weighted by molar-refractivity contribution is 0.181. The molecule has 5 nitrogen and oxygen atoms in total. The Morgan fingerprint density at radius 3 is 1.47 bits per heavy atom. The highest BCUT2D eigenvalue weighted by Crippen LogP contribution is 2.45. The van der Waals surface area contributed by atoms with Crippen molar-refractivity contribution >= 4 is 6.03 Å². The molecular formula is C25H42N4O. The van der Waals surface area contributed by atoms with E-state index in [0.29, 0.717) is 24.2 Å². The molecule has 4 aliphatic carbocycles. The van der Waals surface area contributed by atoms with Gasteiger partial charge in [-0.15, -0.1) is 0 Å². The van der Waals surface area contributed by atoms with Crippen molar-refractivity contribution in [2.45, 2.75) is 126 Å². The summed E-state index contributed by atoms with van der Waals surface area (Å²) < 4.78 is 0. The van der Waals surface area contributed by atoms with Gasteiger partial charge < -0.3 is 21.3 Å². The van der Waals surface area contributed by atoms with Crippen LogP contribution in [0, 0.1) is 23.7 Å². The van der Waals surface area contributed by atoms with Crippen molar-refractivity contribution in [3.63, 3.8) is 0 Å². The average Bonchev–Trinajstić information content (AvgIpc) is 3.31. The number of fused-ring (bicyclic) bond motifs is 6. The van der Waals surface area contributed by atoms with Gasteiger partial charge in [-0.25, -0.2) is 4.79 Å². The van der Waals surface area contributed by atoms with E-state index in [-0.39, 0.29) is 6.03 Å². The summed E-state index contributed by atoms with van der Waals surface area (Å²) >= 11 is 0. The Bertz CT molecular complexity index is 589. The molecule has 6 fully saturated rings. The van der Waals surface area contributed by atoms with Gasteiger partial charge in [-0.3, -0.25) is 0 Å². The maximum absolute atomic E-state index is 12.9. The van der Waals surface area contributed by atoms with Crippen LogP contribution < -0.4 is 21.3 Å². The van der Waals surface area contributed by atoms with Gasteiger partial charge in [0.1, 0.15) is 0 Å². The molecule has 0 spiro atoms. The SMILES string of the molecule is O=C(NC1CCC2NC3CCCCC3C2C1)NC1CCC2NC3CCCCC3C2C1. The van der Waals surface area contributed by atoms with E-state index in [0.717, 1.165) is 48.6 Å². The van der Waals surface area contributed by atoms with Gasteiger partial charge in [0.15, 0.2) is 0 Å². The third-order valence-corrected chi connectivity index (χ3v) is 10.1. The molecule has 2 amide bonds. The van der Waals surface area contributed by atoms with Gasteiger partial charge in [-0.2, -0.15) is 0 Å². The summed E-state index contributed by atoms with van der Waals surface area (Å²) in [6.45, 7) is 0. The molecule has 4 N–H and O–H groups in total. The second kappa shape index (κ2) is 8.27. The monoisotopic (exact) mass is 414 g/mol. The number of carbonyl (C=O) groups excluding carboxylic acids is 1. The fourth-order valence-corrected chi connectivity index (χ4v) is 8.75. The van der Waals surface area contributed by atoms with Crippen LogP contribution in [0.2, 0.25) is 0 Å². The molecule has 168 valence electrons. The summed E-state index contributed by atoms with van der Waals surface area (Å²) in [5.74, 6) is 3.31. The highest BCUT2D eigenvalue weighted by Gasteiger charge is 2.47. The van der Waals surface area contributed by atoms with Crippen LogP contribution in [0.15, 0.2) is 0 Å². The lowest BCUT2D eigenvalue weighted by Gasteiger charge is -2.37. The van der Waals surface area contributed by atoms with Crippen molar-refractivity contribution in [3.05, 3.63) is 0 Å². The first-order valence-electron chi connectivity index (χ1n) is 13.3. The number of urea groups is 1. The molecule has 0 aromatic rings. The normalized spacial score (nSPS) is 50.0. The van der Waals surface area contributed by atoms with E-state index in [2.05, 4.69) is 21.3 Å². The minimum atomic E-state index is 0.110. The molecule has 30 heavy (non-hydrogen) atoms. The smallest absolute Gasteiger partial charge is 0.315 e. The molecule has 4 saturated carbocycles. The quantitative estimate of drug-likeness (QED) is 0.557. The van der Waals surface area contributed by atoms with Crippen LogP contribution in [0.5, 0.6) is 0 Å². The molecule has 2 saturated heterocycles. The van der Waals surface area contributed by atoms with Crippen LogP contribution in [-0.2, 0) is 0 Å². The molecule has 5 heteroatoms. The van der Waals surface area contributed by atoms with Crippen LogP contribution in [0.4, 0.5) is 4.79 Å². The van der Waals surface area contributed by atoms with E-state index in [1.54, 1.807) is 0 Å². The van der Waals surface area contributed by atoms with Crippen molar-refractivity contribution in [3.8, 4) is 0 Å². The van der Waals surface area contributed by atoms with E-state index < -0.39 is 0 Å². The predicted molar refractivity (Wildman–Crippen MR) is 119 cm³/mol. The molecule has 2 aliphatic heterocycles. The Kier molecular flexibility index (Phi) is 5.47. The average molecular weight is 415 g/mol. The standard InChI is InChI=1S/C25H42N4O/c30-25(26-15-9-11-23-19(13-15)17-5-1-3-7-21(17)28-23)27-16-10-12-24-20(14-16)18-6-2-4-8-22(18)29-24/h15-24,28-29H,1-14H2,(H2,26,27,30). The van der Waals surface area contributed by atoms with Gasteiger partial charge in [0, 0.05) is 36.3 Å². The molecule has 0 radical (unpaired) electrons. The summed E-state index contributed by atoms with van der Waals surface area (Å²) in [7, 11) is 0. The Morgan fingerprint density at radius 1 is 0.533 bits per heavy atom. The number of rotatable bonds is 2. The number of hydrogen-bond donors (Lipinski definition) is 4. The maximum atomic E-state index is 12.9. The molecule has 0 bridgehead atoms. The topological polar surface area (TPSA) is 65.2 Å². The van der Waals surface area contributed by atoms with E-state index in [1.165, 1.54) is 77.0 Å². The van der Waals surface area contributed by atoms with Gasteiger partial charge in [0.25, 0.3) is 0 Å². The fourth-order valence-electron chi connectivity index (χ4n) is 8.75. The number of nitrogens with one attached hydrogen (secondary N) is 4. The summed E-state index contributed by atoms with van der Waals surface area (Å²) in [6.07, 6.45) is 18.3. The summed E-state index contributed by atoms with van der Waals surface area (Å²) in [6, 6.07) is 3.82. The summed E-state index contributed by atoms with van der Waals surface area (Å²) in [5.41, 5.74) is 0. The van der Waals surface area contributed by atoms with Crippen LogP contribution in [0.3, 0.4) is 0 Å². The molecule has 6 rings (SSSR count). The first-order valence-corrected chi connectivity index (χ1v) is 13.3. The van der Waals surface area contributed by atoms with Crippen molar-refractivity contribution in [1.29, 1.82) is 0 Å². The lowest BCUT2D eigenvalue weighted by atomic mass is 9.72. The Morgan fingerprint density at radius 2 is 0.967 bits per heavy atom. The summed E-state index contributed by atoms with van der Waals surface area (Å²) in [4.78, 5) is 12.9. The third-order valence-electron chi connectivity index (χ3n) is 10.1. The fraction of sp³-hybridized carbons (Fsp3) is 0.960. The predicted octanol–water partition coefficient (Wildman–Crippen LogP) is 3.68. The van der Waals surface area contributed by atoms with E-state index >= 15 is 0 Å². The highest BCUT2D eigenvalue weighted by atomic mass is 16.2. The zero-order chi connectivity index (χ0) is 20.1. The first-order chi connectivity index (χ1) is 14.7. The molecule has 2 heterocycles. The van der Waals surface area contributed by atoms with E-state index in [4.69, 9.17) is 0 Å². The van der Waals surface area contributed by atoms with Crippen LogP contribution in [0.25, 0.3) is 0 Å². The van der Waals surface area contributed by atoms with Crippen LogP contribution in [0.1, 0.15) is 89.9 Å². The van der Waals surface area contributed by atoms with Crippen LogP contribution >= 0.6 is 0 Å². The summed E-state index contributed by atoms with van der Waals surface area (Å²) in [5, 5.41) is 14.7. The van der Waals surface area contributed by atoms with Crippen molar-refractivity contribution < 1.29 is 4.79 Å². The van der Waals surface area contributed by atoms with Gasteiger partial charge >= 0.3 is 6.03 Å². The lowest BCUT2D eigenvalue weighted by Crippen LogP contribution is -2.51. The van der Waals surface area contributed by atoms with Crippen LogP contribution in [-0.4, -0.2) is 42.3 Å². The van der Waals surface area contributed by atoms with Crippen molar-refractivity contribution in [2.75, 3.05) is 0 Å². The van der Waals surface area contributed by atoms with E-state index in [1.807, 2.05) is 0 Å². The molecule has 10 unspecified atom stereocenters. The molecule has 6 aliphatic rings. The highest BCUT2D eigenvalue weighted by molar-refractivity contribution is 5.74. The second-order valence-electron chi connectivity index (χ2n) is 11.6. The molecule has 10 atom stereocenters. The van der Waals surface area contributed by atoms with Gasteiger partial charge in [0.2, 0.25) is 0 Å². The minimum absolute atomic E-state index is 0.110. The number of hydrogen-bond acceptors (Lipinski definition) is 3. The molecular weight excluding hydrogens is 372 g/mol. The number of amides is 2. The zero-order valence-electron chi connectivity index (χ0n) is 18.6. The van der Waals surface area contributed by atoms with E-state index in [9.17, 15) is 4.79 Å². The van der Waals surface area contributed by atoms with Gasteiger partial charge in [-0.1, -0.05) is 25.7 Å². The number of carbonyl (C=O) groups is 1. The molecule has 0 aromatic carbocycles. The zero-order valence-corrected chi connectivity index (χ0v) is 18.6. The van der Waals surface area contributed by atoms with Crippen molar-refractivity contribution in [2.24, 2.45) is 23.7 Å². The minimum Gasteiger partial charge on any atom is -0.335 e. The second-order valence-corrected chi connectivity index (χ2v) is 11.6. The third kappa shape index (κ3) is 3.68.